The van der Waals surface area contributed by atoms with E-state index in [1.165, 1.54) is 4.88 Å². The molecule has 84 valence electrons. The Labute approximate surface area is 110 Å². The van der Waals surface area contributed by atoms with Crippen molar-refractivity contribution in [2.24, 2.45) is 0 Å². The molecular formula is C11H7BrN4S. The van der Waals surface area contributed by atoms with E-state index < -0.39 is 0 Å². The van der Waals surface area contributed by atoms with Crippen LogP contribution >= 0.6 is 27.3 Å². The van der Waals surface area contributed by atoms with Crippen molar-refractivity contribution in [3.05, 3.63) is 45.2 Å². The fourth-order valence-corrected chi connectivity index (χ4v) is 2.71. The van der Waals surface area contributed by atoms with Crippen LogP contribution in [0.25, 0.3) is 11.2 Å². The molecule has 0 saturated carbocycles. The fraction of sp³-hybridized carbons (Fsp3) is 0.0909. The predicted molar refractivity (Wildman–Crippen MR) is 70.0 cm³/mol. The Hall–Kier alpha value is -1.40. The Balaban J connectivity index is 2.06. The van der Waals surface area contributed by atoms with Gasteiger partial charge in [0.15, 0.2) is 5.65 Å². The maximum atomic E-state index is 4.40. The van der Waals surface area contributed by atoms with E-state index in [-0.39, 0.29) is 0 Å². The topological polar surface area (TPSA) is 51.6 Å². The summed E-state index contributed by atoms with van der Waals surface area (Å²) in [5.74, 6) is 0.757. The number of aromatic nitrogens is 4. The van der Waals surface area contributed by atoms with Crippen molar-refractivity contribution in [3.63, 3.8) is 0 Å². The number of rotatable bonds is 2. The molecule has 0 aliphatic rings. The van der Waals surface area contributed by atoms with Crippen LogP contribution in [0.5, 0.6) is 0 Å². The minimum absolute atomic E-state index is 0.626. The van der Waals surface area contributed by atoms with Crippen LogP contribution in [0.4, 0.5) is 0 Å². The van der Waals surface area contributed by atoms with Gasteiger partial charge in [-0.05, 0) is 27.4 Å². The highest BCUT2D eigenvalue weighted by Crippen LogP contribution is 2.19. The summed E-state index contributed by atoms with van der Waals surface area (Å²) in [4.78, 5) is 18.4. The quantitative estimate of drug-likeness (QED) is 0.683. The largest absolute Gasteiger partial charge is 0.248 e. The molecule has 0 amide bonds. The molecular weight excluding hydrogens is 300 g/mol. The maximum Gasteiger partial charge on any atom is 0.182 e. The summed E-state index contributed by atoms with van der Waals surface area (Å²) in [7, 11) is 0. The van der Waals surface area contributed by atoms with Gasteiger partial charge < -0.3 is 0 Å². The van der Waals surface area contributed by atoms with Crippen molar-refractivity contribution >= 4 is 38.4 Å². The molecule has 0 N–H and O–H groups in total. The van der Waals surface area contributed by atoms with Crippen molar-refractivity contribution in [1.82, 2.24) is 19.9 Å². The number of thiophene rings is 1. The third-order valence-corrected chi connectivity index (χ3v) is 3.68. The molecule has 3 aromatic heterocycles. The minimum Gasteiger partial charge on any atom is -0.248 e. The number of nitrogens with zero attached hydrogens (tertiary/aromatic N) is 4. The van der Waals surface area contributed by atoms with Crippen LogP contribution < -0.4 is 0 Å². The van der Waals surface area contributed by atoms with Crippen LogP contribution in [0.1, 0.15) is 10.7 Å². The zero-order chi connectivity index (χ0) is 11.7. The van der Waals surface area contributed by atoms with Crippen molar-refractivity contribution in [3.8, 4) is 0 Å². The van der Waals surface area contributed by atoms with E-state index in [1.54, 1.807) is 23.7 Å². The first-order valence-corrected chi connectivity index (χ1v) is 6.66. The lowest BCUT2D eigenvalue weighted by Gasteiger charge is -2.01. The highest BCUT2D eigenvalue weighted by atomic mass is 79.9. The third kappa shape index (κ3) is 2.18. The van der Waals surface area contributed by atoms with E-state index in [4.69, 9.17) is 0 Å². The summed E-state index contributed by atoms with van der Waals surface area (Å²) in [6.45, 7) is 0. The van der Waals surface area contributed by atoms with Crippen LogP contribution in [0.3, 0.4) is 0 Å². The molecule has 6 heteroatoms. The number of halogens is 1. The van der Waals surface area contributed by atoms with Crippen LogP contribution in [0.2, 0.25) is 0 Å². The zero-order valence-corrected chi connectivity index (χ0v) is 11.1. The predicted octanol–water partition coefficient (Wildman–Crippen LogP) is 2.83. The van der Waals surface area contributed by atoms with E-state index in [0.29, 0.717) is 15.8 Å². The molecule has 0 aromatic carbocycles. The van der Waals surface area contributed by atoms with E-state index in [0.717, 1.165) is 12.2 Å². The summed E-state index contributed by atoms with van der Waals surface area (Å²) in [5, 5.41) is 2.05. The van der Waals surface area contributed by atoms with Gasteiger partial charge in [-0.15, -0.1) is 11.3 Å². The van der Waals surface area contributed by atoms with E-state index >= 15 is 0 Å². The van der Waals surface area contributed by atoms with Crippen molar-refractivity contribution in [1.29, 1.82) is 0 Å². The summed E-state index contributed by atoms with van der Waals surface area (Å²) in [5.41, 5.74) is 1.32. The van der Waals surface area contributed by atoms with Crippen LogP contribution in [-0.4, -0.2) is 19.9 Å². The van der Waals surface area contributed by atoms with Crippen molar-refractivity contribution in [2.75, 3.05) is 0 Å². The second kappa shape index (κ2) is 4.46. The molecule has 0 unspecified atom stereocenters. The molecule has 3 heterocycles. The molecule has 0 fully saturated rings. The molecule has 0 radical (unpaired) electrons. The standard InChI is InChI=1S/C11H7BrN4S/c12-10-9-11(14-4-3-13-9)16-8(15-10)6-7-2-1-5-17-7/h1-5H,6H2. The van der Waals surface area contributed by atoms with Crippen LogP contribution in [0, 0.1) is 0 Å². The minimum atomic E-state index is 0.626. The Morgan fingerprint density at radius 3 is 2.88 bits per heavy atom. The average Bonchev–Trinajstić information content (AvgIpc) is 2.82. The molecule has 0 aliphatic heterocycles. The molecule has 3 aromatic rings. The number of hydrogen-bond acceptors (Lipinski definition) is 5. The monoisotopic (exact) mass is 306 g/mol. The smallest absolute Gasteiger partial charge is 0.182 e. The van der Waals surface area contributed by atoms with Crippen LogP contribution in [0.15, 0.2) is 34.5 Å². The van der Waals surface area contributed by atoms with E-state index in [2.05, 4.69) is 41.9 Å². The Kier molecular flexibility index (Phi) is 2.82. The first kappa shape index (κ1) is 10.7. The second-order valence-corrected chi connectivity index (χ2v) is 5.20. The zero-order valence-electron chi connectivity index (χ0n) is 8.67. The highest BCUT2D eigenvalue weighted by Gasteiger charge is 2.08. The molecule has 17 heavy (non-hydrogen) atoms. The maximum absolute atomic E-state index is 4.40. The molecule has 0 atom stereocenters. The lowest BCUT2D eigenvalue weighted by molar-refractivity contribution is 0.975. The fourth-order valence-electron chi connectivity index (χ4n) is 1.52. The highest BCUT2D eigenvalue weighted by molar-refractivity contribution is 9.10. The third-order valence-electron chi connectivity index (χ3n) is 2.25. The normalized spacial score (nSPS) is 10.9. The van der Waals surface area contributed by atoms with Gasteiger partial charge in [0.1, 0.15) is 15.9 Å². The molecule has 0 spiro atoms. The average molecular weight is 307 g/mol. The lowest BCUT2D eigenvalue weighted by Crippen LogP contribution is -1.99. The second-order valence-electron chi connectivity index (χ2n) is 3.42. The van der Waals surface area contributed by atoms with Gasteiger partial charge in [0.05, 0.1) is 0 Å². The summed E-state index contributed by atoms with van der Waals surface area (Å²) >= 11 is 5.10. The number of fused-ring (bicyclic) bond motifs is 1. The Morgan fingerprint density at radius 1 is 1.18 bits per heavy atom. The van der Waals surface area contributed by atoms with Crippen LogP contribution in [-0.2, 0) is 6.42 Å². The molecule has 3 rings (SSSR count). The molecule has 0 aliphatic carbocycles. The summed E-state index contributed by atoms with van der Waals surface area (Å²) in [6, 6.07) is 4.10. The van der Waals surface area contributed by atoms with Crippen molar-refractivity contribution < 1.29 is 0 Å². The van der Waals surface area contributed by atoms with Gasteiger partial charge in [0.2, 0.25) is 0 Å². The Bertz CT molecular complexity index is 654. The van der Waals surface area contributed by atoms with Gasteiger partial charge in [0.25, 0.3) is 0 Å². The van der Waals surface area contributed by atoms with Gasteiger partial charge in [-0.25, -0.2) is 19.9 Å². The van der Waals surface area contributed by atoms with E-state index in [9.17, 15) is 0 Å². The van der Waals surface area contributed by atoms with Gasteiger partial charge >= 0.3 is 0 Å². The van der Waals surface area contributed by atoms with Gasteiger partial charge in [-0.1, -0.05) is 6.07 Å². The number of hydrogen-bond donors (Lipinski definition) is 0. The molecule has 4 nitrogen and oxygen atoms in total. The van der Waals surface area contributed by atoms with Crippen molar-refractivity contribution in [2.45, 2.75) is 6.42 Å². The summed E-state index contributed by atoms with van der Waals surface area (Å²) in [6.07, 6.45) is 3.99. The van der Waals surface area contributed by atoms with Gasteiger partial charge in [-0.3, -0.25) is 0 Å². The van der Waals surface area contributed by atoms with Gasteiger partial charge in [-0.2, -0.15) is 0 Å². The van der Waals surface area contributed by atoms with Gasteiger partial charge in [0, 0.05) is 23.7 Å². The van der Waals surface area contributed by atoms with E-state index in [1.807, 2.05) is 11.4 Å². The first-order chi connectivity index (χ1) is 8.33. The lowest BCUT2D eigenvalue weighted by atomic mass is 10.3. The molecule has 0 bridgehead atoms. The SMILES string of the molecule is Brc1nc(Cc2cccs2)nc2nccnc12. The first-order valence-electron chi connectivity index (χ1n) is 4.98. The Morgan fingerprint density at radius 2 is 2.06 bits per heavy atom. The molecule has 0 saturated heterocycles. The summed E-state index contributed by atoms with van der Waals surface area (Å²) < 4.78 is 0.696.